The van der Waals surface area contributed by atoms with Gasteiger partial charge in [-0.05, 0) is 0 Å². The predicted molar refractivity (Wildman–Crippen MR) is 56.7 cm³/mol. The van der Waals surface area contributed by atoms with Gasteiger partial charge in [0.1, 0.15) is 0 Å². The summed E-state index contributed by atoms with van der Waals surface area (Å²) in [7, 11) is 0. The highest BCUT2D eigenvalue weighted by molar-refractivity contribution is 6.92. The molecule has 2 unspecified atom stereocenters. The number of hydrogen-bond acceptors (Lipinski definition) is 3. The highest BCUT2D eigenvalue weighted by Crippen LogP contribution is 1.43. The minimum absolute atomic E-state index is 0. The van der Waals surface area contributed by atoms with Crippen LogP contribution in [0.4, 0.5) is 19.1 Å². The molecule has 0 rings (SSSR count). The maximum atomic E-state index is 8.56. The third-order valence-corrected chi connectivity index (χ3v) is 0. The van der Waals surface area contributed by atoms with E-state index in [-0.39, 0.29) is 24.5 Å². The average molecular weight is 274 g/mol. The van der Waals surface area contributed by atoms with Crippen molar-refractivity contribution in [1.82, 2.24) is 0 Å². The molecule has 0 aromatic carbocycles. The Balaban J connectivity index is -0.0000000184. The van der Waals surface area contributed by atoms with Crippen LogP contribution in [0.2, 0.25) is 0 Å². The van der Waals surface area contributed by atoms with Crippen molar-refractivity contribution in [3.8, 4) is 0 Å². The number of carboxylic acid groups (broad SMARTS) is 6. The van der Waals surface area contributed by atoms with Crippen molar-refractivity contribution >= 4 is 38.3 Å². The molecule has 96 valence electrons. The van der Waals surface area contributed by atoms with Crippen LogP contribution in [0, 0.1) is 0 Å². The van der Waals surface area contributed by atoms with Gasteiger partial charge in [-0.2, -0.15) is 19.8 Å². The highest BCUT2D eigenvalue weighted by Gasteiger charge is 1.70. The van der Waals surface area contributed by atoms with E-state index >= 15 is 0 Å². The van der Waals surface area contributed by atoms with Gasteiger partial charge in [0.2, 0.25) is 0 Å². The van der Waals surface area contributed by atoms with Gasteiger partial charge in [0.15, 0.2) is 0 Å². The summed E-state index contributed by atoms with van der Waals surface area (Å²) >= 11 is 0. The Morgan fingerprint density at radius 3 is 0.533 bits per heavy atom. The minimum atomic E-state index is -1.83. The predicted octanol–water partition coefficient (Wildman–Crippen LogP) is 0.936. The third kappa shape index (κ3) is 722. The zero-order valence-corrected chi connectivity index (χ0v) is 10.1. The van der Waals surface area contributed by atoms with Gasteiger partial charge >= 0.3 is 18.5 Å². The van der Waals surface area contributed by atoms with Crippen LogP contribution in [0.5, 0.6) is 0 Å². The van der Waals surface area contributed by atoms with Gasteiger partial charge in [-0.25, -0.2) is 14.4 Å². The lowest BCUT2D eigenvalue weighted by Gasteiger charge is -1.60. The van der Waals surface area contributed by atoms with Gasteiger partial charge in [0.25, 0.3) is 0 Å². The Hall–Kier alpha value is -1.40. The first-order valence-electron chi connectivity index (χ1n) is 1.95. The fraction of sp³-hybridized carbons (Fsp3) is 0. The standard InChI is InChI=1S/3CH2O3.FH.2H3P/c3*2-1(3)4;;;/h3*(H2,2,3,4);1H;2*1H3. The van der Waals surface area contributed by atoms with Crippen molar-refractivity contribution in [2.24, 2.45) is 0 Å². The molecule has 0 aliphatic rings. The van der Waals surface area contributed by atoms with Crippen molar-refractivity contribution in [2.45, 2.75) is 0 Å². The number of halogens is 1. The second-order valence-corrected chi connectivity index (χ2v) is 0.848. The zero-order chi connectivity index (χ0) is 10.7. The minimum Gasteiger partial charge on any atom is -0.450 e. The summed E-state index contributed by atoms with van der Waals surface area (Å²) in [5.74, 6) is 0. The van der Waals surface area contributed by atoms with Crippen molar-refractivity contribution < 1.29 is 49.7 Å². The normalized spacial score (nSPS) is 4.80. The van der Waals surface area contributed by atoms with Gasteiger partial charge in [-0.3, -0.25) is 4.70 Å². The number of carbonyl (C=O) groups is 3. The number of rotatable bonds is 0. The Kier molecular flexibility index (Phi) is 73.2. The molecule has 0 saturated heterocycles. The molecule has 0 amide bonds. The van der Waals surface area contributed by atoms with Crippen LogP contribution in [0.25, 0.3) is 0 Å². The topological polar surface area (TPSA) is 173 Å². The van der Waals surface area contributed by atoms with E-state index in [0.29, 0.717) is 0 Å². The van der Waals surface area contributed by atoms with Crippen molar-refractivity contribution in [3.05, 3.63) is 0 Å². The second-order valence-electron chi connectivity index (χ2n) is 0.848. The molecule has 0 saturated carbocycles. The summed E-state index contributed by atoms with van der Waals surface area (Å²) in [5.41, 5.74) is 0. The zero-order valence-electron chi connectivity index (χ0n) is 7.23. The molecule has 0 radical (unpaired) electrons. The molecule has 12 heteroatoms. The van der Waals surface area contributed by atoms with Crippen molar-refractivity contribution in [1.29, 1.82) is 0 Å². The second kappa shape index (κ2) is 29.4. The largest absolute Gasteiger partial charge is 0.503 e. The maximum absolute atomic E-state index is 8.56. The molecule has 9 nitrogen and oxygen atoms in total. The molecule has 2 atom stereocenters. The quantitative estimate of drug-likeness (QED) is 0.351. The van der Waals surface area contributed by atoms with Crippen LogP contribution in [0.1, 0.15) is 0 Å². The van der Waals surface area contributed by atoms with Crippen LogP contribution >= 0.6 is 19.8 Å². The molecule has 0 spiro atoms. The summed E-state index contributed by atoms with van der Waals surface area (Å²) in [6, 6.07) is 0. The van der Waals surface area contributed by atoms with E-state index in [4.69, 9.17) is 45.0 Å². The SMILES string of the molecule is F.O=C(O)O.O=C(O)O.O=C(O)O.P.P. The van der Waals surface area contributed by atoms with E-state index in [1.165, 1.54) is 0 Å². The molecule has 0 aliphatic heterocycles. The van der Waals surface area contributed by atoms with Gasteiger partial charge in [0, 0.05) is 0 Å². The van der Waals surface area contributed by atoms with Gasteiger partial charge in [-0.1, -0.05) is 0 Å². The van der Waals surface area contributed by atoms with Crippen LogP contribution in [-0.4, -0.2) is 49.1 Å². The van der Waals surface area contributed by atoms with Gasteiger partial charge in [0.05, 0.1) is 0 Å². The van der Waals surface area contributed by atoms with Crippen LogP contribution in [-0.2, 0) is 0 Å². The Labute approximate surface area is 89.0 Å². The third-order valence-electron chi connectivity index (χ3n) is 0. The van der Waals surface area contributed by atoms with E-state index in [9.17, 15) is 0 Å². The van der Waals surface area contributed by atoms with E-state index < -0.39 is 18.5 Å². The van der Waals surface area contributed by atoms with Crippen LogP contribution < -0.4 is 0 Å². The van der Waals surface area contributed by atoms with Crippen LogP contribution in [0.15, 0.2) is 0 Å². The first kappa shape index (κ1) is 37.4. The fourth-order valence-electron chi connectivity index (χ4n) is 0. The van der Waals surface area contributed by atoms with Crippen molar-refractivity contribution in [2.75, 3.05) is 0 Å². The number of hydrogen-bond donors (Lipinski definition) is 6. The first-order chi connectivity index (χ1) is 5.20. The molecule has 0 aliphatic carbocycles. The molecular weight excluding hydrogens is 261 g/mol. The van der Waals surface area contributed by atoms with E-state index in [1.807, 2.05) is 0 Å². The van der Waals surface area contributed by atoms with Gasteiger partial charge < -0.3 is 30.6 Å². The molecule has 6 N–H and O–H groups in total. The summed E-state index contributed by atoms with van der Waals surface area (Å²) in [6.07, 6.45) is -5.50. The molecule has 15 heavy (non-hydrogen) atoms. The summed E-state index contributed by atoms with van der Waals surface area (Å²) in [4.78, 5) is 25.7. The van der Waals surface area contributed by atoms with Crippen molar-refractivity contribution in [3.63, 3.8) is 0 Å². The first-order valence-corrected chi connectivity index (χ1v) is 1.95. The maximum Gasteiger partial charge on any atom is 0.503 e. The molecule has 0 aromatic heterocycles. The molecular formula is C3H13FO9P2. The monoisotopic (exact) mass is 274 g/mol. The molecule has 0 heterocycles. The Morgan fingerprint density at radius 2 is 0.533 bits per heavy atom. The van der Waals surface area contributed by atoms with E-state index in [0.717, 1.165) is 0 Å². The fourth-order valence-corrected chi connectivity index (χ4v) is 0. The smallest absolute Gasteiger partial charge is 0.450 e. The molecule has 0 bridgehead atoms. The highest BCUT2D eigenvalue weighted by atomic mass is 31.0. The Morgan fingerprint density at radius 1 is 0.533 bits per heavy atom. The van der Waals surface area contributed by atoms with Crippen LogP contribution in [0.3, 0.4) is 0 Å². The van der Waals surface area contributed by atoms with E-state index in [1.54, 1.807) is 0 Å². The summed E-state index contributed by atoms with van der Waals surface area (Å²) < 4.78 is 0. The Bertz CT molecular complexity index is 121. The summed E-state index contributed by atoms with van der Waals surface area (Å²) in [6.45, 7) is 0. The molecule has 0 aromatic rings. The average Bonchev–Trinajstić information content (AvgIpc) is 1.54. The lowest BCUT2D eigenvalue weighted by molar-refractivity contribution is 0.135. The van der Waals surface area contributed by atoms with E-state index in [2.05, 4.69) is 0 Å². The summed E-state index contributed by atoms with van der Waals surface area (Å²) in [5, 5.41) is 41.8. The lowest BCUT2D eigenvalue weighted by Crippen LogP contribution is -1.81. The lowest BCUT2D eigenvalue weighted by atomic mass is 11.5. The van der Waals surface area contributed by atoms with Gasteiger partial charge in [-0.15, -0.1) is 0 Å². The molecule has 0 fully saturated rings.